The van der Waals surface area contributed by atoms with Gasteiger partial charge in [0.15, 0.2) is 5.78 Å². The first kappa shape index (κ1) is 13.3. The van der Waals surface area contributed by atoms with E-state index < -0.39 is 26.8 Å². The number of allylic oxidation sites excluding steroid dienone is 3. The Morgan fingerprint density at radius 1 is 1.35 bits per heavy atom. The van der Waals surface area contributed by atoms with Crippen LogP contribution in [-0.2, 0) is 19.4 Å². The second-order valence-corrected chi connectivity index (χ2v) is 5.46. The molecule has 0 spiro atoms. The van der Waals surface area contributed by atoms with Gasteiger partial charge in [-0.15, -0.1) is 0 Å². The molecule has 0 heterocycles. The van der Waals surface area contributed by atoms with Gasteiger partial charge in [-0.2, -0.15) is 0 Å². The number of sulfone groups is 1. The molecule has 0 radical (unpaired) electrons. The second kappa shape index (κ2) is 4.62. The lowest BCUT2D eigenvalue weighted by Gasteiger charge is -2.14. The van der Waals surface area contributed by atoms with Crippen LogP contribution in [0.4, 0.5) is 4.79 Å². The highest BCUT2D eigenvalue weighted by Gasteiger charge is 2.31. The van der Waals surface area contributed by atoms with Crippen molar-refractivity contribution in [2.24, 2.45) is 5.92 Å². The number of hydrogen-bond acceptors (Lipinski definition) is 5. The third-order valence-corrected chi connectivity index (χ3v) is 3.85. The molecule has 0 aliphatic heterocycles. The summed E-state index contributed by atoms with van der Waals surface area (Å²) in [6, 6.07) is 0. The predicted octanol–water partition coefficient (Wildman–Crippen LogP) is -0.0793. The minimum atomic E-state index is -4.18. The van der Waals surface area contributed by atoms with Crippen molar-refractivity contribution in [1.29, 1.82) is 0 Å². The molecule has 1 atom stereocenters. The van der Waals surface area contributed by atoms with Crippen LogP contribution in [0.3, 0.4) is 0 Å². The maximum atomic E-state index is 11.8. The van der Waals surface area contributed by atoms with Gasteiger partial charge in [0.2, 0.25) is 0 Å². The van der Waals surface area contributed by atoms with Crippen molar-refractivity contribution in [2.45, 2.75) is 0 Å². The van der Waals surface area contributed by atoms with Gasteiger partial charge in [-0.3, -0.25) is 9.59 Å². The van der Waals surface area contributed by atoms with E-state index in [1.54, 1.807) is 0 Å². The number of ketones is 1. The van der Waals surface area contributed by atoms with Gasteiger partial charge in [0.25, 0.3) is 9.84 Å². The van der Waals surface area contributed by atoms with Crippen molar-refractivity contribution >= 4 is 27.1 Å². The average molecular weight is 257 g/mol. The van der Waals surface area contributed by atoms with Gasteiger partial charge < -0.3 is 9.69 Å². The Balaban J connectivity index is 3.19. The highest BCUT2D eigenvalue weighted by Crippen LogP contribution is 2.19. The van der Waals surface area contributed by atoms with E-state index in [1.165, 1.54) is 14.1 Å². The Kier molecular flexibility index (Phi) is 3.62. The topological polar surface area (TPSA) is 88.6 Å². The van der Waals surface area contributed by atoms with E-state index in [4.69, 9.17) is 0 Å². The van der Waals surface area contributed by atoms with Gasteiger partial charge in [-0.25, -0.2) is 8.42 Å². The van der Waals surface area contributed by atoms with Crippen molar-refractivity contribution in [3.63, 3.8) is 0 Å². The third-order valence-electron chi connectivity index (χ3n) is 2.14. The molecule has 0 aromatic carbocycles. The minimum Gasteiger partial charge on any atom is -0.335 e. The normalized spacial score (nSPS) is 19.8. The summed E-state index contributed by atoms with van der Waals surface area (Å²) >= 11 is 0. The SMILES string of the molecule is CN(C)C(=O)S(=O)(=O)C1=CC(C=O)C(=O)C=C1. The van der Waals surface area contributed by atoms with Crippen LogP contribution >= 0.6 is 0 Å². The van der Waals surface area contributed by atoms with Gasteiger partial charge in [0.1, 0.15) is 6.29 Å². The molecule has 0 aromatic rings. The Hall–Kier alpha value is -1.76. The predicted molar refractivity (Wildman–Crippen MR) is 59.8 cm³/mol. The zero-order valence-corrected chi connectivity index (χ0v) is 10.1. The molecule has 0 saturated carbocycles. The highest BCUT2D eigenvalue weighted by atomic mass is 32.2. The molecule has 92 valence electrons. The molecule has 0 saturated heterocycles. The van der Waals surface area contributed by atoms with Crippen molar-refractivity contribution in [1.82, 2.24) is 4.90 Å². The maximum absolute atomic E-state index is 11.8. The molecular weight excluding hydrogens is 246 g/mol. The fraction of sp³-hybridized carbons (Fsp3) is 0.300. The number of carbonyl (C=O) groups excluding carboxylic acids is 3. The summed E-state index contributed by atoms with van der Waals surface area (Å²) in [5.41, 5.74) is 0. The van der Waals surface area contributed by atoms with E-state index in [0.29, 0.717) is 6.29 Å². The molecule has 1 aliphatic rings. The van der Waals surface area contributed by atoms with Gasteiger partial charge >= 0.3 is 5.24 Å². The van der Waals surface area contributed by atoms with Gasteiger partial charge in [0, 0.05) is 14.1 Å². The summed E-state index contributed by atoms with van der Waals surface area (Å²) < 4.78 is 23.5. The van der Waals surface area contributed by atoms with Crippen molar-refractivity contribution < 1.29 is 22.8 Å². The van der Waals surface area contributed by atoms with Gasteiger partial charge in [-0.05, 0) is 18.2 Å². The first-order valence-corrected chi connectivity index (χ1v) is 6.14. The summed E-state index contributed by atoms with van der Waals surface area (Å²) in [6.45, 7) is 0. The molecule has 7 heteroatoms. The van der Waals surface area contributed by atoms with E-state index in [9.17, 15) is 22.8 Å². The lowest BCUT2D eigenvalue weighted by atomic mass is 10.0. The zero-order valence-electron chi connectivity index (χ0n) is 9.28. The zero-order chi connectivity index (χ0) is 13.2. The van der Waals surface area contributed by atoms with Gasteiger partial charge in [0.05, 0.1) is 10.8 Å². The fourth-order valence-electron chi connectivity index (χ4n) is 1.22. The van der Waals surface area contributed by atoms with Crippen LogP contribution in [0.5, 0.6) is 0 Å². The quantitative estimate of drug-likeness (QED) is 0.510. The molecule has 1 rings (SSSR count). The highest BCUT2D eigenvalue weighted by molar-refractivity contribution is 8.09. The summed E-state index contributed by atoms with van der Waals surface area (Å²) in [5, 5.41) is -1.09. The van der Waals surface area contributed by atoms with E-state index in [2.05, 4.69) is 0 Å². The molecule has 0 N–H and O–H groups in total. The van der Waals surface area contributed by atoms with Crippen LogP contribution in [0.1, 0.15) is 0 Å². The molecule has 1 aliphatic carbocycles. The van der Waals surface area contributed by atoms with Crippen LogP contribution in [0, 0.1) is 5.92 Å². The first-order valence-electron chi connectivity index (χ1n) is 4.66. The first-order chi connectivity index (χ1) is 7.80. The summed E-state index contributed by atoms with van der Waals surface area (Å²) in [5.74, 6) is -1.64. The minimum absolute atomic E-state index is 0.326. The van der Waals surface area contributed by atoms with E-state index in [-0.39, 0.29) is 4.91 Å². The molecule has 1 amide bonds. The number of rotatable bonds is 2. The molecule has 17 heavy (non-hydrogen) atoms. The van der Waals surface area contributed by atoms with Crippen molar-refractivity contribution in [3.8, 4) is 0 Å². The lowest BCUT2D eigenvalue weighted by Crippen LogP contribution is -2.30. The third kappa shape index (κ3) is 2.50. The number of nitrogens with zero attached hydrogens (tertiary/aromatic N) is 1. The van der Waals surface area contributed by atoms with Crippen LogP contribution in [0.25, 0.3) is 0 Å². The summed E-state index contributed by atoms with van der Waals surface area (Å²) in [7, 11) is -1.58. The van der Waals surface area contributed by atoms with Crippen LogP contribution in [-0.4, -0.2) is 44.7 Å². The Labute approximate surface area is 98.5 Å². The standard InChI is InChI=1S/C10H11NO5S/c1-11(2)10(14)17(15,16)8-3-4-9(13)7(5-8)6-12/h3-7H,1-2H3. The second-order valence-electron chi connectivity index (χ2n) is 3.63. The van der Waals surface area contributed by atoms with E-state index in [1.807, 2.05) is 0 Å². The lowest BCUT2D eigenvalue weighted by molar-refractivity contribution is -0.122. The van der Waals surface area contributed by atoms with Gasteiger partial charge in [-0.1, -0.05) is 0 Å². The Morgan fingerprint density at radius 3 is 2.41 bits per heavy atom. The smallest absolute Gasteiger partial charge is 0.335 e. The number of aldehydes is 1. The van der Waals surface area contributed by atoms with Crippen LogP contribution in [0.15, 0.2) is 23.1 Å². The maximum Gasteiger partial charge on any atom is 0.343 e. The number of amides is 1. The molecule has 0 fully saturated rings. The van der Waals surface area contributed by atoms with E-state index in [0.717, 1.165) is 23.1 Å². The van der Waals surface area contributed by atoms with Crippen molar-refractivity contribution in [2.75, 3.05) is 14.1 Å². The fourth-order valence-corrected chi connectivity index (χ4v) is 2.47. The molecule has 0 aromatic heterocycles. The molecular formula is C10H11NO5S. The molecule has 0 bridgehead atoms. The van der Waals surface area contributed by atoms with Crippen LogP contribution in [0.2, 0.25) is 0 Å². The monoisotopic (exact) mass is 257 g/mol. The number of hydrogen-bond donors (Lipinski definition) is 0. The summed E-state index contributed by atoms with van der Waals surface area (Å²) in [4.78, 5) is 33.7. The largest absolute Gasteiger partial charge is 0.343 e. The number of carbonyl (C=O) groups is 3. The Morgan fingerprint density at radius 2 is 1.94 bits per heavy atom. The van der Waals surface area contributed by atoms with Crippen molar-refractivity contribution in [3.05, 3.63) is 23.1 Å². The molecule has 6 nitrogen and oxygen atoms in total. The molecule has 1 unspecified atom stereocenters. The van der Waals surface area contributed by atoms with Crippen LogP contribution < -0.4 is 0 Å². The Bertz CT molecular complexity index is 527. The summed E-state index contributed by atoms with van der Waals surface area (Å²) in [6.07, 6.45) is 3.32. The average Bonchev–Trinajstić information content (AvgIpc) is 2.28. The van der Waals surface area contributed by atoms with E-state index >= 15 is 0 Å².